The lowest BCUT2D eigenvalue weighted by atomic mass is 9.90. The van der Waals surface area contributed by atoms with Gasteiger partial charge < -0.3 is 15.4 Å². The zero-order chi connectivity index (χ0) is 19.6. The number of ether oxygens (including phenoxy) is 1. The molecule has 1 atom stereocenters. The van der Waals surface area contributed by atoms with Gasteiger partial charge in [-0.3, -0.25) is 4.79 Å². The summed E-state index contributed by atoms with van der Waals surface area (Å²) in [6.45, 7) is 0. The van der Waals surface area contributed by atoms with Gasteiger partial charge in [-0.1, -0.05) is 12.1 Å². The summed E-state index contributed by atoms with van der Waals surface area (Å²) in [5.74, 6) is -2.97. The number of carbonyl (C=O) groups excluding carboxylic acids is 2. The van der Waals surface area contributed by atoms with Crippen LogP contribution in [0.15, 0.2) is 54.1 Å². The third kappa shape index (κ3) is 3.85. The van der Waals surface area contributed by atoms with Crippen molar-refractivity contribution < 1.29 is 23.1 Å². The number of benzene rings is 2. The number of thiocarbonyl (C=S) groups is 1. The lowest BCUT2D eigenvalue weighted by Crippen LogP contribution is -2.46. The highest BCUT2D eigenvalue weighted by atomic mass is 32.1. The van der Waals surface area contributed by atoms with Crippen molar-refractivity contribution >= 4 is 34.8 Å². The SMILES string of the molecule is COC(=O)C(=O)C1=C(c2ccc(F)cc2)NC(=S)N[C@@H]1c1cccc(F)c1. The van der Waals surface area contributed by atoms with Gasteiger partial charge in [-0.05, 0) is 59.7 Å². The average molecular weight is 388 g/mol. The average Bonchev–Trinajstić information content (AvgIpc) is 2.66. The zero-order valence-electron chi connectivity index (χ0n) is 14.1. The third-order valence-corrected chi connectivity index (χ3v) is 4.22. The molecule has 0 saturated heterocycles. The Hall–Kier alpha value is -3.13. The van der Waals surface area contributed by atoms with E-state index in [0.29, 0.717) is 11.1 Å². The van der Waals surface area contributed by atoms with Crippen LogP contribution in [0.25, 0.3) is 5.70 Å². The molecule has 8 heteroatoms. The molecule has 2 aromatic carbocycles. The van der Waals surface area contributed by atoms with Gasteiger partial charge in [-0.25, -0.2) is 13.6 Å². The fraction of sp³-hybridized carbons (Fsp3) is 0.105. The first kappa shape index (κ1) is 18.7. The lowest BCUT2D eigenvalue weighted by molar-refractivity contribution is -0.150. The molecule has 0 saturated carbocycles. The molecule has 0 radical (unpaired) electrons. The summed E-state index contributed by atoms with van der Waals surface area (Å²) in [5, 5.41) is 5.88. The molecule has 2 N–H and O–H groups in total. The van der Waals surface area contributed by atoms with Crippen LogP contribution in [0, 0.1) is 11.6 Å². The van der Waals surface area contributed by atoms with Crippen LogP contribution in [0.4, 0.5) is 8.78 Å². The standard InChI is InChI=1S/C19H14F2N2O3S/c1-26-18(25)17(24)14-15(10-5-7-12(20)8-6-10)22-19(27)23-16(14)11-3-2-4-13(21)9-11/h2-9,16H,1H3,(H2,22,23,27)/t16-/m1/s1. The van der Waals surface area contributed by atoms with E-state index in [-0.39, 0.29) is 16.4 Å². The Morgan fingerprint density at radius 1 is 1.07 bits per heavy atom. The van der Waals surface area contributed by atoms with Crippen LogP contribution in [0.2, 0.25) is 0 Å². The normalized spacial score (nSPS) is 16.4. The fourth-order valence-corrected chi connectivity index (χ4v) is 3.01. The predicted molar refractivity (Wildman–Crippen MR) is 98.4 cm³/mol. The number of hydrogen-bond donors (Lipinski definition) is 2. The highest BCUT2D eigenvalue weighted by Crippen LogP contribution is 2.32. The summed E-state index contributed by atoms with van der Waals surface area (Å²) >= 11 is 5.20. The quantitative estimate of drug-likeness (QED) is 0.477. The maximum atomic E-state index is 13.7. The molecule has 1 heterocycles. The van der Waals surface area contributed by atoms with E-state index in [0.717, 1.165) is 7.11 Å². The smallest absolute Gasteiger partial charge is 0.379 e. The summed E-state index contributed by atoms with van der Waals surface area (Å²) in [6, 6.07) is 10.0. The summed E-state index contributed by atoms with van der Waals surface area (Å²) < 4.78 is 31.6. The predicted octanol–water partition coefficient (Wildman–Crippen LogP) is 2.64. The van der Waals surface area contributed by atoms with Crippen LogP contribution >= 0.6 is 12.2 Å². The molecule has 0 unspecified atom stereocenters. The first-order valence-electron chi connectivity index (χ1n) is 7.86. The van der Waals surface area contributed by atoms with Crippen molar-refractivity contribution in [3.8, 4) is 0 Å². The molecule has 0 aliphatic carbocycles. The van der Waals surface area contributed by atoms with Gasteiger partial charge in [0.05, 0.1) is 24.4 Å². The Bertz CT molecular complexity index is 958. The number of carbonyl (C=O) groups is 2. The molecular weight excluding hydrogens is 374 g/mol. The maximum absolute atomic E-state index is 13.7. The van der Waals surface area contributed by atoms with E-state index in [1.54, 1.807) is 6.07 Å². The van der Waals surface area contributed by atoms with Crippen molar-refractivity contribution in [2.24, 2.45) is 0 Å². The van der Waals surface area contributed by atoms with Gasteiger partial charge in [0.15, 0.2) is 5.11 Å². The van der Waals surface area contributed by atoms with Crippen LogP contribution in [0.5, 0.6) is 0 Å². The first-order chi connectivity index (χ1) is 12.9. The molecule has 1 aliphatic rings. The highest BCUT2D eigenvalue weighted by Gasteiger charge is 2.35. The van der Waals surface area contributed by atoms with Crippen LogP contribution in [0.3, 0.4) is 0 Å². The minimum atomic E-state index is -1.08. The van der Waals surface area contributed by atoms with E-state index in [9.17, 15) is 18.4 Å². The number of esters is 1. The van der Waals surface area contributed by atoms with E-state index in [1.807, 2.05) is 0 Å². The fourth-order valence-electron chi connectivity index (χ4n) is 2.79. The third-order valence-electron chi connectivity index (χ3n) is 4.00. The maximum Gasteiger partial charge on any atom is 0.379 e. The van der Waals surface area contributed by atoms with E-state index >= 15 is 0 Å². The van der Waals surface area contributed by atoms with Gasteiger partial charge in [0, 0.05) is 0 Å². The van der Waals surface area contributed by atoms with Gasteiger partial charge in [0.1, 0.15) is 11.6 Å². The number of Topliss-reactive ketones (excluding diaryl/α,β-unsaturated/α-hetero) is 1. The Kier molecular flexibility index (Phi) is 5.27. The minimum Gasteiger partial charge on any atom is -0.463 e. The van der Waals surface area contributed by atoms with Crippen LogP contribution in [0.1, 0.15) is 17.2 Å². The largest absolute Gasteiger partial charge is 0.463 e. The second-order valence-electron chi connectivity index (χ2n) is 5.70. The van der Waals surface area contributed by atoms with Crippen molar-refractivity contribution in [1.29, 1.82) is 0 Å². The number of hydrogen-bond acceptors (Lipinski definition) is 4. The molecule has 2 aromatic rings. The Morgan fingerprint density at radius 3 is 2.41 bits per heavy atom. The molecule has 27 heavy (non-hydrogen) atoms. The number of halogens is 2. The lowest BCUT2D eigenvalue weighted by Gasteiger charge is -2.31. The van der Waals surface area contributed by atoms with E-state index in [2.05, 4.69) is 15.4 Å². The molecule has 138 valence electrons. The molecule has 5 nitrogen and oxygen atoms in total. The molecular formula is C19H14F2N2O3S. The van der Waals surface area contributed by atoms with Crippen molar-refractivity contribution in [1.82, 2.24) is 10.6 Å². The monoisotopic (exact) mass is 388 g/mol. The van der Waals surface area contributed by atoms with Crippen molar-refractivity contribution in [3.63, 3.8) is 0 Å². The second kappa shape index (κ2) is 7.63. The Morgan fingerprint density at radius 2 is 1.78 bits per heavy atom. The first-order valence-corrected chi connectivity index (χ1v) is 8.27. The molecule has 0 fully saturated rings. The van der Waals surface area contributed by atoms with Gasteiger partial charge in [0.25, 0.3) is 5.78 Å². The number of nitrogens with one attached hydrogen (secondary N) is 2. The van der Waals surface area contributed by atoms with E-state index in [4.69, 9.17) is 12.2 Å². The molecule has 3 rings (SSSR count). The van der Waals surface area contributed by atoms with Gasteiger partial charge in [-0.15, -0.1) is 0 Å². The molecule has 0 spiro atoms. The zero-order valence-corrected chi connectivity index (χ0v) is 14.9. The van der Waals surface area contributed by atoms with Crippen LogP contribution in [-0.4, -0.2) is 24.0 Å². The van der Waals surface area contributed by atoms with E-state index < -0.39 is 29.4 Å². The van der Waals surface area contributed by atoms with Gasteiger partial charge >= 0.3 is 5.97 Å². The number of ketones is 1. The molecule has 0 aromatic heterocycles. The molecule has 1 aliphatic heterocycles. The minimum absolute atomic E-state index is 0.00680. The van der Waals surface area contributed by atoms with Gasteiger partial charge in [0.2, 0.25) is 0 Å². The van der Waals surface area contributed by atoms with Crippen LogP contribution in [-0.2, 0) is 14.3 Å². The van der Waals surface area contributed by atoms with Crippen LogP contribution < -0.4 is 10.6 Å². The molecule has 0 amide bonds. The Labute approximate surface area is 159 Å². The van der Waals surface area contributed by atoms with Gasteiger partial charge in [-0.2, -0.15) is 0 Å². The summed E-state index contributed by atoms with van der Waals surface area (Å²) in [5.41, 5.74) is 1.05. The van der Waals surface area contributed by atoms with Crippen molar-refractivity contribution in [2.45, 2.75) is 6.04 Å². The summed E-state index contributed by atoms with van der Waals surface area (Å²) in [7, 11) is 1.09. The summed E-state index contributed by atoms with van der Waals surface area (Å²) in [4.78, 5) is 24.7. The second-order valence-corrected chi connectivity index (χ2v) is 6.11. The van der Waals surface area contributed by atoms with Crippen molar-refractivity contribution in [3.05, 3.63) is 76.9 Å². The van der Waals surface area contributed by atoms with Crippen molar-refractivity contribution in [2.75, 3.05) is 7.11 Å². The Balaban J connectivity index is 2.23. The highest BCUT2D eigenvalue weighted by molar-refractivity contribution is 7.80. The number of rotatable bonds is 4. The molecule has 0 bridgehead atoms. The summed E-state index contributed by atoms with van der Waals surface area (Å²) in [6.07, 6.45) is 0. The number of methoxy groups -OCH3 is 1. The topological polar surface area (TPSA) is 67.4 Å². The van der Waals surface area contributed by atoms with E-state index in [1.165, 1.54) is 42.5 Å².